The third-order valence-corrected chi connectivity index (χ3v) is 3.47. The molecule has 0 aliphatic carbocycles. The van der Waals surface area contributed by atoms with Gasteiger partial charge in [0.2, 0.25) is 0 Å². The smallest absolute Gasteiger partial charge is 0.168 e. The van der Waals surface area contributed by atoms with E-state index in [1.807, 2.05) is 19.1 Å². The summed E-state index contributed by atoms with van der Waals surface area (Å²) in [6.07, 6.45) is 0. The van der Waals surface area contributed by atoms with Crippen molar-refractivity contribution in [3.8, 4) is 22.9 Å². The number of phenols is 2. The van der Waals surface area contributed by atoms with Crippen LogP contribution in [0.4, 0.5) is 0 Å². The number of nitrogens with zero attached hydrogens (tertiary/aromatic N) is 1. The van der Waals surface area contributed by atoms with Crippen LogP contribution in [-0.2, 0) is 0 Å². The number of hydrogen-bond donors (Lipinski definition) is 3. The second kappa shape index (κ2) is 4.28. The van der Waals surface area contributed by atoms with E-state index in [0.717, 1.165) is 21.1 Å². The van der Waals surface area contributed by atoms with Gasteiger partial charge in [-0.05, 0) is 36.8 Å². The Balaban J connectivity index is 2.26. The highest BCUT2D eigenvalue weighted by Crippen LogP contribution is 2.36. The van der Waals surface area contributed by atoms with Crippen LogP contribution in [0.1, 0.15) is 5.56 Å². The molecule has 1 heterocycles. The van der Waals surface area contributed by atoms with Crippen molar-refractivity contribution in [2.75, 3.05) is 0 Å². The molecule has 0 aliphatic rings. The number of hydrogen-bond acceptors (Lipinski definition) is 3. The van der Waals surface area contributed by atoms with Crippen LogP contribution in [0.15, 0.2) is 34.8 Å². The summed E-state index contributed by atoms with van der Waals surface area (Å²) in [5.74, 6) is 0.207. The Bertz CT molecular complexity index is 780. The molecule has 1 aromatic heterocycles. The van der Waals surface area contributed by atoms with E-state index < -0.39 is 0 Å². The number of fused-ring (bicyclic) bond motifs is 1. The summed E-state index contributed by atoms with van der Waals surface area (Å²) in [5.41, 5.74) is 3.24. The maximum Gasteiger partial charge on any atom is 0.168 e. The Hall–Kier alpha value is -2.01. The minimum absolute atomic E-state index is 0.157. The Morgan fingerprint density at radius 1 is 1.21 bits per heavy atom. The van der Waals surface area contributed by atoms with Crippen molar-refractivity contribution in [2.24, 2.45) is 0 Å². The van der Waals surface area contributed by atoms with E-state index in [4.69, 9.17) is 0 Å². The molecule has 0 atom stereocenters. The molecule has 0 bridgehead atoms. The average molecular weight is 319 g/mol. The molecule has 2 aromatic carbocycles. The van der Waals surface area contributed by atoms with Crippen molar-refractivity contribution in [1.82, 2.24) is 9.97 Å². The van der Waals surface area contributed by atoms with Crippen LogP contribution in [0.3, 0.4) is 0 Å². The molecule has 0 unspecified atom stereocenters. The van der Waals surface area contributed by atoms with Crippen molar-refractivity contribution in [3.05, 3.63) is 40.4 Å². The van der Waals surface area contributed by atoms with Gasteiger partial charge in [-0.15, -0.1) is 0 Å². The van der Waals surface area contributed by atoms with Gasteiger partial charge < -0.3 is 15.2 Å². The number of halogens is 1. The number of H-pyrrole nitrogens is 1. The molecule has 5 heteroatoms. The minimum Gasteiger partial charge on any atom is -0.504 e. The monoisotopic (exact) mass is 318 g/mol. The van der Waals surface area contributed by atoms with Gasteiger partial charge in [-0.1, -0.05) is 22.0 Å². The maximum absolute atomic E-state index is 9.88. The lowest BCUT2D eigenvalue weighted by molar-refractivity contribution is 0.405. The minimum atomic E-state index is -0.168. The van der Waals surface area contributed by atoms with Crippen molar-refractivity contribution in [1.29, 1.82) is 0 Å². The summed E-state index contributed by atoms with van der Waals surface area (Å²) in [7, 11) is 0. The number of aryl methyl sites for hydroxylation is 1. The van der Waals surface area contributed by atoms with Crippen molar-refractivity contribution >= 4 is 27.0 Å². The first kappa shape index (κ1) is 12.0. The zero-order valence-electron chi connectivity index (χ0n) is 10.1. The zero-order chi connectivity index (χ0) is 13.6. The van der Waals surface area contributed by atoms with Crippen LogP contribution >= 0.6 is 15.9 Å². The SMILES string of the molecule is Cc1cc(Br)cc2[nH]c(-c3cccc(O)c3O)nc12. The first-order chi connectivity index (χ1) is 9.06. The lowest BCUT2D eigenvalue weighted by Gasteiger charge is -2.02. The first-order valence-corrected chi connectivity index (χ1v) is 6.53. The molecule has 0 aliphatic heterocycles. The van der Waals surface area contributed by atoms with E-state index in [1.54, 1.807) is 12.1 Å². The summed E-state index contributed by atoms with van der Waals surface area (Å²) in [4.78, 5) is 7.63. The Kier molecular flexibility index (Phi) is 2.71. The highest BCUT2D eigenvalue weighted by atomic mass is 79.9. The van der Waals surface area contributed by atoms with Crippen LogP contribution in [0.5, 0.6) is 11.5 Å². The van der Waals surface area contributed by atoms with Crippen molar-refractivity contribution in [2.45, 2.75) is 6.92 Å². The van der Waals surface area contributed by atoms with E-state index in [9.17, 15) is 10.2 Å². The predicted octanol–water partition coefficient (Wildman–Crippen LogP) is 3.71. The fourth-order valence-corrected chi connectivity index (χ4v) is 2.67. The molecule has 0 radical (unpaired) electrons. The van der Waals surface area contributed by atoms with Gasteiger partial charge in [-0.3, -0.25) is 0 Å². The van der Waals surface area contributed by atoms with Crippen LogP contribution in [0, 0.1) is 6.92 Å². The fourth-order valence-electron chi connectivity index (χ4n) is 2.10. The Morgan fingerprint density at radius 2 is 2.00 bits per heavy atom. The predicted molar refractivity (Wildman–Crippen MR) is 77.3 cm³/mol. The van der Waals surface area contributed by atoms with E-state index in [2.05, 4.69) is 25.9 Å². The van der Waals surface area contributed by atoms with Crippen molar-refractivity contribution in [3.63, 3.8) is 0 Å². The van der Waals surface area contributed by atoms with Gasteiger partial charge in [0.1, 0.15) is 5.82 Å². The van der Waals surface area contributed by atoms with Crippen molar-refractivity contribution < 1.29 is 10.2 Å². The van der Waals surface area contributed by atoms with Gasteiger partial charge in [0.15, 0.2) is 11.5 Å². The molecule has 96 valence electrons. The second-order valence-corrected chi connectivity index (χ2v) is 5.29. The normalized spacial score (nSPS) is 11.1. The third-order valence-electron chi connectivity index (χ3n) is 3.01. The molecule has 0 spiro atoms. The van der Waals surface area contributed by atoms with E-state index in [0.29, 0.717) is 11.4 Å². The number of aromatic hydroxyl groups is 2. The fraction of sp³-hybridized carbons (Fsp3) is 0.0714. The van der Waals surface area contributed by atoms with Gasteiger partial charge in [-0.25, -0.2) is 4.98 Å². The van der Waals surface area contributed by atoms with Gasteiger partial charge in [0, 0.05) is 4.47 Å². The molecule has 3 rings (SSSR count). The molecular formula is C14H11BrN2O2. The maximum atomic E-state index is 9.88. The van der Waals surface area contributed by atoms with Gasteiger partial charge in [0.25, 0.3) is 0 Å². The summed E-state index contributed by atoms with van der Waals surface area (Å²) in [6.45, 7) is 1.97. The van der Waals surface area contributed by atoms with E-state index in [-0.39, 0.29) is 11.5 Å². The summed E-state index contributed by atoms with van der Waals surface area (Å²) in [5, 5.41) is 19.4. The van der Waals surface area contributed by atoms with Crippen LogP contribution in [0.2, 0.25) is 0 Å². The average Bonchev–Trinajstić information content (AvgIpc) is 2.76. The van der Waals surface area contributed by atoms with Crippen LogP contribution in [-0.4, -0.2) is 20.2 Å². The van der Waals surface area contributed by atoms with E-state index >= 15 is 0 Å². The Morgan fingerprint density at radius 3 is 2.79 bits per heavy atom. The number of nitrogens with one attached hydrogen (secondary N) is 1. The molecule has 0 saturated carbocycles. The van der Waals surface area contributed by atoms with E-state index in [1.165, 1.54) is 6.07 Å². The van der Waals surface area contributed by atoms with Gasteiger partial charge >= 0.3 is 0 Å². The summed E-state index contributed by atoms with van der Waals surface area (Å²) in [6, 6.07) is 8.72. The van der Waals surface area contributed by atoms with Crippen LogP contribution < -0.4 is 0 Å². The molecule has 4 nitrogen and oxygen atoms in total. The number of aromatic amines is 1. The lowest BCUT2D eigenvalue weighted by atomic mass is 10.2. The zero-order valence-corrected chi connectivity index (χ0v) is 11.7. The number of phenolic OH excluding ortho intramolecular Hbond substituents is 2. The standard InChI is InChI=1S/C14H11BrN2O2/c1-7-5-8(15)6-10-12(7)17-14(16-10)9-3-2-4-11(18)13(9)19/h2-6,18-19H,1H3,(H,16,17). The number of para-hydroxylation sites is 1. The molecule has 3 N–H and O–H groups in total. The first-order valence-electron chi connectivity index (χ1n) is 5.73. The summed E-state index contributed by atoms with van der Waals surface area (Å²) >= 11 is 3.44. The molecule has 0 fully saturated rings. The highest BCUT2D eigenvalue weighted by Gasteiger charge is 2.13. The number of rotatable bonds is 1. The number of aromatic nitrogens is 2. The molecule has 19 heavy (non-hydrogen) atoms. The number of imidazole rings is 1. The molecular weight excluding hydrogens is 308 g/mol. The highest BCUT2D eigenvalue weighted by molar-refractivity contribution is 9.10. The Labute approximate surface area is 117 Å². The number of benzene rings is 2. The topological polar surface area (TPSA) is 69.1 Å². The van der Waals surface area contributed by atoms with Crippen LogP contribution in [0.25, 0.3) is 22.4 Å². The quantitative estimate of drug-likeness (QED) is 0.599. The molecule has 0 amide bonds. The molecule has 3 aromatic rings. The van der Waals surface area contributed by atoms with Gasteiger partial charge in [-0.2, -0.15) is 0 Å². The van der Waals surface area contributed by atoms with Gasteiger partial charge in [0.05, 0.1) is 16.6 Å². The second-order valence-electron chi connectivity index (χ2n) is 4.38. The third kappa shape index (κ3) is 1.96. The lowest BCUT2D eigenvalue weighted by Crippen LogP contribution is -1.81. The summed E-state index contributed by atoms with van der Waals surface area (Å²) < 4.78 is 0.966. The molecule has 0 saturated heterocycles. The largest absolute Gasteiger partial charge is 0.504 e.